The van der Waals surface area contributed by atoms with E-state index in [0.29, 0.717) is 13.0 Å². The van der Waals surface area contributed by atoms with Gasteiger partial charge in [0.25, 0.3) is 0 Å². The SMILES string of the molecule is OC1CCC(CNc2cc(C(F)(F)F)cc(Cl)n2)C1. The summed E-state index contributed by atoms with van der Waals surface area (Å²) < 4.78 is 37.8. The molecule has 2 unspecified atom stereocenters. The Morgan fingerprint density at radius 3 is 2.68 bits per heavy atom. The lowest BCUT2D eigenvalue weighted by Gasteiger charge is -2.13. The Kier molecular flexibility index (Phi) is 4.20. The van der Waals surface area contributed by atoms with E-state index in [2.05, 4.69) is 10.3 Å². The molecule has 1 fully saturated rings. The van der Waals surface area contributed by atoms with E-state index in [9.17, 15) is 18.3 Å². The number of aromatic nitrogens is 1. The molecule has 1 aromatic heterocycles. The Balaban J connectivity index is 2.02. The maximum atomic E-state index is 12.6. The molecule has 1 aliphatic rings. The molecule has 2 atom stereocenters. The van der Waals surface area contributed by atoms with Crippen LogP contribution in [-0.4, -0.2) is 22.7 Å². The van der Waals surface area contributed by atoms with E-state index in [1.54, 1.807) is 0 Å². The quantitative estimate of drug-likeness (QED) is 0.841. The van der Waals surface area contributed by atoms with Gasteiger partial charge in [-0.2, -0.15) is 13.2 Å². The molecular weight excluding hydrogens is 281 g/mol. The predicted molar refractivity (Wildman–Crippen MR) is 66.1 cm³/mol. The first-order valence-electron chi connectivity index (χ1n) is 6.01. The summed E-state index contributed by atoms with van der Waals surface area (Å²) >= 11 is 5.58. The molecule has 0 amide bonds. The maximum Gasteiger partial charge on any atom is 0.416 e. The summed E-state index contributed by atoms with van der Waals surface area (Å²) in [5.41, 5.74) is -0.818. The van der Waals surface area contributed by atoms with Crippen molar-refractivity contribution < 1.29 is 18.3 Å². The first-order chi connectivity index (χ1) is 8.84. The van der Waals surface area contributed by atoms with Crippen LogP contribution in [0.25, 0.3) is 0 Å². The highest BCUT2D eigenvalue weighted by atomic mass is 35.5. The highest BCUT2D eigenvalue weighted by Gasteiger charge is 2.31. The van der Waals surface area contributed by atoms with Gasteiger partial charge in [-0.15, -0.1) is 0 Å². The average molecular weight is 295 g/mol. The van der Waals surface area contributed by atoms with Crippen molar-refractivity contribution in [3.05, 3.63) is 22.8 Å². The number of aliphatic hydroxyl groups is 1. The molecule has 7 heteroatoms. The van der Waals surface area contributed by atoms with Gasteiger partial charge < -0.3 is 10.4 Å². The fraction of sp³-hybridized carbons (Fsp3) is 0.583. The highest BCUT2D eigenvalue weighted by molar-refractivity contribution is 6.29. The van der Waals surface area contributed by atoms with Crippen molar-refractivity contribution in [2.24, 2.45) is 5.92 Å². The monoisotopic (exact) mass is 294 g/mol. The van der Waals surface area contributed by atoms with Crippen molar-refractivity contribution in [1.29, 1.82) is 0 Å². The lowest BCUT2D eigenvalue weighted by atomic mass is 10.1. The van der Waals surface area contributed by atoms with Gasteiger partial charge in [-0.3, -0.25) is 0 Å². The van der Waals surface area contributed by atoms with E-state index in [0.717, 1.165) is 25.0 Å². The fourth-order valence-electron chi connectivity index (χ4n) is 2.23. The van der Waals surface area contributed by atoms with Gasteiger partial charge in [0.05, 0.1) is 11.7 Å². The van der Waals surface area contributed by atoms with Gasteiger partial charge in [0.2, 0.25) is 0 Å². The summed E-state index contributed by atoms with van der Waals surface area (Å²) in [6.07, 6.45) is -2.47. The molecule has 1 saturated carbocycles. The third-order valence-corrected chi connectivity index (χ3v) is 3.40. The van der Waals surface area contributed by atoms with Crippen LogP contribution >= 0.6 is 11.6 Å². The number of aliphatic hydroxyl groups excluding tert-OH is 1. The van der Waals surface area contributed by atoms with Crippen LogP contribution in [0.1, 0.15) is 24.8 Å². The molecule has 3 nitrogen and oxygen atoms in total. The number of nitrogens with zero attached hydrogens (tertiary/aromatic N) is 1. The highest BCUT2D eigenvalue weighted by Crippen LogP contribution is 2.32. The second kappa shape index (κ2) is 5.54. The molecule has 1 aromatic rings. The standard InChI is InChI=1S/C12H14ClF3N2O/c13-10-4-8(12(14,15)16)5-11(18-10)17-6-7-1-2-9(19)3-7/h4-5,7,9,19H,1-3,6H2,(H,17,18). The van der Waals surface area contributed by atoms with Crippen molar-refractivity contribution in [1.82, 2.24) is 4.98 Å². The van der Waals surface area contributed by atoms with Crippen molar-refractivity contribution in [3.8, 4) is 0 Å². The Morgan fingerprint density at radius 2 is 2.11 bits per heavy atom. The van der Waals surface area contributed by atoms with E-state index in [4.69, 9.17) is 11.6 Å². The van der Waals surface area contributed by atoms with Gasteiger partial charge in [-0.1, -0.05) is 11.6 Å². The van der Waals surface area contributed by atoms with Crippen molar-refractivity contribution >= 4 is 17.4 Å². The summed E-state index contributed by atoms with van der Waals surface area (Å²) in [4.78, 5) is 3.82. The third kappa shape index (κ3) is 3.98. The topological polar surface area (TPSA) is 45.1 Å². The van der Waals surface area contributed by atoms with Crippen LogP contribution < -0.4 is 5.32 Å². The van der Waals surface area contributed by atoms with E-state index in [1.807, 2.05) is 0 Å². The number of rotatable bonds is 3. The van der Waals surface area contributed by atoms with Crippen LogP contribution in [0.3, 0.4) is 0 Å². The van der Waals surface area contributed by atoms with E-state index >= 15 is 0 Å². The Hall–Kier alpha value is -1.01. The second-order valence-electron chi connectivity index (χ2n) is 4.78. The molecular formula is C12H14ClF3N2O. The van der Waals surface area contributed by atoms with Crippen LogP contribution in [0.2, 0.25) is 5.15 Å². The number of alkyl halides is 3. The van der Waals surface area contributed by atoms with Crippen LogP contribution in [0.4, 0.5) is 19.0 Å². The molecule has 0 aromatic carbocycles. The number of pyridine rings is 1. The van der Waals surface area contributed by atoms with Crippen LogP contribution in [-0.2, 0) is 6.18 Å². The zero-order valence-corrected chi connectivity index (χ0v) is 10.8. The summed E-state index contributed by atoms with van der Waals surface area (Å²) in [7, 11) is 0. The zero-order valence-electron chi connectivity index (χ0n) is 10.0. The summed E-state index contributed by atoms with van der Waals surface area (Å²) in [5, 5.41) is 12.0. The molecule has 19 heavy (non-hydrogen) atoms. The number of anilines is 1. The minimum atomic E-state index is -4.44. The van der Waals surface area contributed by atoms with Gasteiger partial charge in [-0.25, -0.2) is 4.98 Å². The minimum absolute atomic E-state index is 0.112. The van der Waals surface area contributed by atoms with Gasteiger partial charge in [0.15, 0.2) is 0 Å². The molecule has 1 aliphatic carbocycles. The first kappa shape index (κ1) is 14.4. The Labute approximate surface area is 113 Å². The lowest BCUT2D eigenvalue weighted by molar-refractivity contribution is -0.137. The summed E-state index contributed by atoms with van der Waals surface area (Å²) in [6, 6.07) is 1.74. The normalized spacial score (nSPS) is 23.6. The minimum Gasteiger partial charge on any atom is -0.393 e. The van der Waals surface area contributed by atoms with Crippen molar-refractivity contribution in [3.63, 3.8) is 0 Å². The molecule has 1 heterocycles. The van der Waals surface area contributed by atoms with E-state index < -0.39 is 11.7 Å². The van der Waals surface area contributed by atoms with Gasteiger partial charge in [0.1, 0.15) is 11.0 Å². The van der Waals surface area contributed by atoms with Crippen LogP contribution in [0.15, 0.2) is 12.1 Å². The molecule has 0 bridgehead atoms. The molecule has 2 N–H and O–H groups in total. The lowest BCUT2D eigenvalue weighted by Crippen LogP contribution is -2.14. The van der Waals surface area contributed by atoms with E-state index in [1.165, 1.54) is 0 Å². The molecule has 0 radical (unpaired) electrons. The largest absolute Gasteiger partial charge is 0.416 e. The first-order valence-corrected chi connectivity index (χ1v) is 6.39. The Bertz CT molecular complexity index is 453. The summed E-state index contributed by atoms with van der Waals surface area (Å²) in [5.74, 6) is 0.367. The number of hydrogen-bond acceptors (Lipinski definition) is 3. The number of halogens is 4. The maximum absolute atomic E-state index is 12.6. The van der Waals surface area contributed by atoms with Gasteiger partial charge in [0, 0.05) is 6.54 Å². The number of nitrogens with one attached hydrogen (secondary N) is 1. The predicted octanol–water partition coefficient (Wildman–Crippen LogP) is 3.33. The molecule has 2 rings (SSSR count). The summed E-state index contributed by atoms with van der Waals surface area (Å²) in [6.45, 7) is 0.488. The van der Waals surface area contributed by atoms with Crippen molar-refractivity contribution in [2.75, 3.05) is 11.9 Å². The number of hydrogen-bond donors (Lipinski definition) is 2. The molecule has 0 aliphatic heterocycles. The van der Waals surface area contributed by atoms with Gasteiger partial charge in [-0.05, 0) is 37.3 Å². The van der Waals surface area contributed by atoms with Gasteiger partial charge >= 0.3 is 6.18 Å². The third-order valence-electron chi connectivity index (χ3n) is 3.21. The van der Waals surface area contributed by atoms with Crippen LogP contribution in [0.5, 0.6) is 0 Å². The Morgan fingerprint density at radius 1 is 1.37 bits per heavy atom. The second-order valence-corrected chi connectivity index (χ2v) is 5.16. The average Bonchev–Trinajstić information content (AvgIpc) is 2.71. The van der Waals surface area contributed by atoms with Crippen LogP contribution in [0, 0.1) is 5.92 Å². The molecule has 0 saturated heterocycles. The molecule has 106 valence electrons. The fourth-order valence-corrected chi connectivity index (χ4v) is 2.44. The zero-order chi connectivity index (χ0) is 14.0. The van der Waals surface area contributed by atoms with Crippen molar-refractivity contribution in [2.45, 2.75) is 31.5 Å². The smallest absolute Gasteiger partial charge is 0.393 e. The molecule has 0 spiro atoms. The van der Waals surface area contributed by atoms with E-state index in [-0.39, 0.29) is 23.0 Å².